The smallest absolute Gasteiger partial charge is 0.0449 e. The Bertz CT molecular complexity index is 254. The van der Waals surface area contributed by atoms with E-state index in [0.29, 0.717) is 0 Å². The Morgan fingerprint density at radius 1 is 1.36 bits per heavy atom. The molecule has 0 aliphatic heterocycles. The van der Waals surface area contributed by atoms with E-state index < -0.39 is 0 Å². The molecular weight excluding hydrogens is 242 g/mol. The van der Waals surface area contributed by atoms with Crippen LogP contribution >= 0.6 is 15.9 Å². The molecule has 0 heterocycles. The summed E-state index contributed by atoms with van der Waals surface area (Å²) in [5, 5.41) is 12.3. The van der Waals surface area contributed by atoms with Crippen molar-refractivity contribution in [3.8, 4) is 0 Å². The number of hydrogen-bond donors (Lipinski definition) is 2. The van der Waals surface area contributed by atoms with Crippen molar-refractivity contribution in [2.75, 3.05) is 13.2 Å². The van der Waals surface area contributed by atoms with Crippen LogP contribution in [0.4, 0.5) is 0 Å². The first-order valence-electron chi connectivity index (χ1n) is 4.87. The van der Waals surface area contributed by atoms with Gasteiger partial charge in [-0.25, -0.2) is 0 Å². The van der Waals surface area contributed by atoms with Crippen LogP contribution in [0.25, 0.3) is 0 Å². The molecule has 78 valence electrons. The zero-order valence-corrected chi connectivity index (χ0v) is 9.92. The average molecular weight is 258 g/mol. The minimum Gasteiger partial charge on any atom is -0.396 e. The van der Waals surface area contributed by atoms with Crippen LogP contribution in [0.3, 0.4) is 0 Å². The Hall–Kier alpha value is -0.380. The third-order valence-corrected chi connectivity index (χ3v) is 2.67. The number of benzene rings is 1. The summed E-state index contributed by atoms with van der Waals surface area (Å²) in [5.74, 6) is 0. The van der Waals surface area contributed by atoms with Gasteiger partial charge in [0.2, 0.25) is 0 Å². The largest absolute Gasteiger partial charge is 0.396 e. The molecular formula is C11H16BrNO. The van der Waals surface area contributed by atoms with E-state index in [4.69, 9.17) is 5.11 Å². The summed E-state index contributed by atoms with van der Waals surface area (Å²) in [4.78, 5) is 0. The van der Waals surface area contributed by atoms with Gasteiger partial charge in [0.15, 0.2) is 0 Å². The monoisotopic (exact) mass is 257 g/mol. The molecule has 0 aliphatic carbocycles. The van der Waals surface area contributed by atoms with Crippen molar-refractivity contribution in [3.05, 3.63) is 34.3 Å². The lowest BCUT2D eigenvalue weighted by Gasteiger charge is -2.17. The molecule has 2 N–H and O–H groups in total. The van der Waals surface area contributed by atoms with Crippen LogP contribution in [0.15, 0.2) is 28.7 Å². The highest BCUT2D eigenvalue weighted by atomic mass is 79.9. The van der Waals surface area contributed by atoms with Crippen molar-refractivity contribution in [2.45, 2.75) is 19.4 Å². The molecule has 0 fully saturated rings. The Balaban J connectivity index is 2.71. The fourth-order valence-electron chi connectivity index (χ4n) is 1.46. The van der Waals surface area contributed by atoms with Crippen molar-refractivity contribution in [2.24, 2.45) is 0 Å². The van der Waals surface area contributed by atoms with Gasteiger partial charge in [-0.05, 0) is 30.7 Å². The summed E-state index contributed by atoms with van der Waals surface area (Å²) < 4.78 is 1.08. The quantitative estimate of drug-likeness (QED) is 0.850. The summed E-state index contributed by atoms with van der Waals surface area (Å²) in [6.07, 6.45) is 0.759. The minimum atomic E-state index is 0.216. The molecule has 0 saturated carbocycles. The average Bonchev–Trinajstić information content (AvgIpc) is 2.19. The van der Waals surface area contributed by atoms with Crippen molar-refractivity contribution < 1.29 is 5.11 Å². The zero-order valence-electron chi connectivity index (χ0n) is 8.33. The fraction of sp³-hybridized carbons (Fsp3) is 0.455. The highest BCUT2D eigenvalue weighted by Crippen LogP contribution is 2.19. The van der Waals surface area contributed by atoms with Crippen molar-refractivity contribution in [1.29, 1.82) is 0 Å². The third-order valence-electron chi connectivity index (χ3n) is 2.14. The topological polar surface area (TPSA) is 32.3 Å². The van der Waals surface area contributed by atoms with Crippen LogP contribution in [0.2, 0.25) is 0 Å². The molecule has 0 aliphatic rings. The molecule has 1 rings (SSSR count). The molecule has 0 bridgehead atoms. The number of nitrogens with one attached hydrogen (secondary N) is 1. The Morgan fingerprint density at radius 3 is 2.50 bits per heavy atom. The van der Waals surface area contributed by atoms with Gasteiger partial charge in [-0.15, -0.1) is 0 Å². The van der Waals surface area contributed by atoms with Gasteiger partial charge in [0.05, 0.1) is 0 Å². The summed E-state index contributed by atoms with van der Waals surface area (Å²) in [7, 11) is 0. The maximum Gasteiger partial charge on any atom is 0.0449 e. The van der Waals surface area contributed by atoms with E-state index in [9.17, 15) is 0 Å². The Labute approximate surface area is 93.5 Å². The van der Waals surface area contributed by atoms with E-state index in [-0.39, 0.29) is 12.6 Å². The van der Waals surface area contributed by atoms with Crippen LogP contribution in [0.5, 0.6) is 0 Å². The predicted molar refractivity (Wildman–Crippen MR) is 62.3 cm³/mol. The van der Waals surface area contributed by atoms with Crippen LogP contribution in [-0.4, -0.2) is 18.3 Å². The third kappa shape index (κ3) is 3.40. The van der Waals surface area contributed by atoms with Crippen molar-refractivity contribution in [3.63, 3.8) is 0 Å². The SMILES string of the molecule is CCNC(CCO)c1ccc(Br)cc1. The van der Waals surface area contributed by atoms with E-state index in [2.05, 4.69) is 40.3 Å². The summed E-state index contributed by atoms with van der Waals surface area (Å²) in [6, 6.07) is 8.46. The van der Waals surface area contributed by atoms with Gasteiger partial charge in [0.1, 0.15) is 0 Å². The lowest BCUT2D eigenvalue weighted by atomic mass is 10.0. The van der Waals surface area contributed by atoms with Crippen molar-refractivity contribution >= 4 is 15.9 Å². The molecule has 1 unspecified atom stereocenters. The summed E-state index contributed by atoms with van der Waals surface area (Å²) >= 11 is 3.40. The first-order chi connectivity index (χ1) is 6.77. The first kappa shape index (κ1) is 11.7. The highest BCUT2D eigenvalue weighted by Gasteiger charge is 2.08. The molecule has 1 aromatic rings. The minimum absolute atomic E-state index is 0.216. The van der Waals surface area contributed by atoms with Gasteiger partial charge < -0.3 is 10.4 Å². The molecule has 14 heavy (non-hydrogen) atoms. The van der Waals surface area contributed by atoms with Gasteiger partial charge in [-0.3, -0.25) is 0 Å². The lowest BCUT2D eigenvalue weighted by molar-refractivity contribution is 0.266. The van der Waals surface area contributed by atoms with E-state index >= 15 is 0 Å². The standard InChI is InChI=1S/C11H16BrNO/c1-2-13-11(7-8-14)9-3-5-10(12)6-4-9/h3-6,11,13-14H,2,7-8H2,1H3. The molecule has 1 aromatic carbocycles. The van der Waals surface area contributed by atoms with E-state index in [0.717, 1.165) is 17.4 Å². The number of aliphatic hydroxyl groups excluding tert-OH is 1. The van der Waals surface area contributed by atoms with Gasteiger partial charge >= 0.3 is 0 Å². The Kier molecular flexibility index (Phi) is 5.15. The fourth-order valence-corrected chi connectivity index (χ4v) is 1.72. The van der Waals surface area contributed by atoms with E-state index in [1.165, 1.54) is 5.56 Å². The molecule has 0 amide bonds. The van der Waals surface area contributed by atoms with Gasteiger partial charge in [-0.2, -0.15) is 0 Å². The van der Waals surface area contributed by atoms with Crippen molar-refractivity contribution in [1.82, 2.24) is 5.32 Å². The van der Waals surface area contributed by atoms with E-state index in [1.807, 2.05) is 12.1 Å². The maximum absolute atomic E-state index is 8.93. The molecule has 0 radical (unpaired) electrons. The second-order valence-electron chi connectivity index (χ2n) is 3.17. The second kappa shape index (κ2) is 6.17. The second-order valence-corrected chi connectivity index (χ2v) is 4.09. The highest BCUT2D eigenvalue weighted by molar-refractivity contribution is 9.10. The van der Waals surface area contributed by atoms with Crippen LogP contribution in [-0.2, 0) is 0 Å². The summed E-state index contributed by atoms with van der Waals surface area (Å²) in [6.45, 7) is 3.21. The molecule has 0 saturated heterocycles. The number of hydrogen-bond acceptors (Lipinski definition) is 2. The van der Waals surface area contributed by atoms with Gasteiger partial charge in [-0.1, -0.05) is 35.0 Å². The molecule has 0 aromatic heterocycles. The van der Waals surface area contributed by atoms with Gasteiger partial charge in [0.25, 0.3) is 0 Å². The number of rotatable bonds is 5. The lowest BCUT2D eigenvalue weighted by Crippen LogP contribution is -2.21. The first-order valence-corrected chi connectivity index (χ1v) is 5.67. The Morgan fingerprint density at radius 2 is 2.00 bits per heavy atom. The number of halogens is 1. The number of aliphatic hydroxyl groups is 1. The van der Waals surface area contributed by atoms with Gasteiger partial charge in [0, 0.05) is 17.1 Å². The summed E-state index contributed by atoms with van der Waals surface area (Å²) in [5.41, 5.74) is 1.23. The van der Waals surface area contributed by atoms with Crippen LogP contribution < -0.4 is 5.32 Å². The van der Waals surface area contributed by atoms with Crippen LogP contribution in [0, 0.1) is 0 Å². The molecule has 2 nitrogen and oxygen atoms in total. The molecule has 0 spiro atoms. The van der Waals surface area contributed by atoms with E-state index in [1.54, 1.807) is 0 Å². The molecule has 1 atom stereocenters. The predicted octanol–water partition coefficient (Wildman–Crippen LogP) is 2.48. The normalized spacial score (nSPS) is 12.8. The van der Waals surface area contributed by atoms with Crippen LogP contribution in [0.1, 0.15) is 24.9 Å². The zero-order chi connectivity index (χ0) is 10.4. The maximum atomic E-state index is 8.93. The molecule has 3 heteroatoms.